The second-order valence-corrected chi connectivity index (χ2v) is 7.83. The van der Waals surface area contributed by atoms with Gasteiger partial charge in [0.05, 0.1) is 6.04 Å². The van der Waals surface area contributed by atoms with Gasteiger partial charge in [-0.05, 0) is 38.6 Å². The summed E-state index contributed by atoms with van der Waals surface area (Å²) in [5, 5.41) is 10.3. The van der Waals surface area contributed by atoms with Gasteiger partial charge in [-0.2, -0.15) is 4.98 Å². The van der Waals surface area contributed by atoms with Crippen molar-refractivity contribution in [1.82, 2.24) is 30.6 Å². The van der Waals surface area contributed by atoms with E-state index in [2.05, 4.69) is 32.6 Å². The van der Waals surface area contributed by atoms with Crippen molar-refractivity contribution < 1.29 is 14.1 Å². The predicted octanol–water partition coefficient (Wildman–Crippen LogP) is 1.07. The number of likely N-dealkylation sites (N-methyl/N-ethyl adjacent to an activating group) is 1. The first-order valence-electron chi connectivity index (χ1n) is 9.36. The van der Waals surface area contributed by atoms with Crippen LogP contribution in [-0.4, -0.2) is 64.1 Å². The maximum Gasteiger partial charge on any atom is 0.325 e. The van der Waals surface area contributed by atoms with Crippen LogP contribution in [0.2, 0.25) is 0 Å². The Kier molecular flexibility index (Phi) is 5.73. The Hall–Kier alpha value is -1.71. The number of amides is 3. The van der Waals surface area contributed by atoms with Crippen molar-refractivity contribution in [3.8, 4) is 0 Å². The molecule has 150 valence electrons. The zero-order valence-corrected chi connectivity index (χ0v) is 16.5. The molecule has 1 aromatic heterocycles. The molecule has 1 unspecified atom stereocenters. The van der Waals surface area contributed by atoms with Gasteiger partial charge >= 0.3 is 6.03 Å². The Balaban J connectivity index is 0.00000210. The maximum atomic E-state index is 12.9. The van der Waals surface area contributed by atoms with Gasteiger partial charge < -0.3 is 15.2 Å². The third kappa shape index (κ3) is 3.68. The van der Waals surface area contributed by atoms with E-state index in [1.165, 1.54) is 4.90 Å². The number of imide groups is 1. The van der Waals surface area contributed by atoms with Gasteiger partial charge in [-0.25, -0.2) is 4.79 Å². The third-order valence-corrected chi connectivity index (χ3v) is 5.96. The summed E-state index contributed by atoms with van der Waals surface area (Å²) in [6.45, 7) is 4.80. The first kappa shape index (κ1) is 20.0. The Morgan fingerprint density at radius 2 is 2.04 bits per heavy atom. The summed E-state index contributed by atoms with van der Waals surface area (Å²) in [4.78, 5) is 33.1. The molecule has 0 radical (unpaired) electrons. The largest absolute Gasteiger partial charge is 0.337 e. The van der Waals surface area contributed by atoms with E-state index < -0.39 is 5.54 Å². The normalized spacial score (nSPS) is 31.9. The average Bonchev–Trinajstić information content (AvgIpc) is 3.17. The molecule has 1 aliphatic carbocycles. The number of rotatable bonds is 3. The zero-order valence-electron chi connectivity index (χ0n) is 15.7. The summed E-state index contributed by atoms with van der Waals surface area (Å²) in [5.41, 5.74) is -0.736. The number of piperazine rings is 1. The van der Waals surface area contributed by atoms with Crippen LogP contribution in [-0.2, 0) is 11.3 Å². The number of urea groups is 1. The molecule has 3 aliphatic rings. The SMILES string of the molecule is CC1CCC2(CC1)NC(=O)N(Cc1nc(C3CNCCN3C)no1)C2=O.Cl. The van der Waals surface area contributed by atoms with Gasteiger partial charge in [0, 0.05) is 19.6 Å². The minimum absolute atomic E-state index is 0. The van der Waals surface area contributed by atoms with E-state index in [9.17, 15) is 9.59 Å². The van der Waals surface area contributed by atoms with Crippen LogP contribution in [0.15, 0.2) is 4.52 Å². The topological polar surface area (TPSA) is 104 Å². The van der Waals surface area contributed by atoms with E-state index in [0.29, 0.717) is 30.5 Å². The van der Waals surface area contributed by atoms with Gasteiger partial charge in [-0.3, -0.25) is 14.6 Å². The molecule has 3 fully saturated rings. The number of carbonyl (C=O) groups is 2. The van der Waals surface area contributed by atoms with Crippen molar-refractivity contribution in [2.24, 2.45) is 5.92 Å². The van der Waals surface area contributed by atoms with Crippen LogP contribution in [0.4, 0.5) is 4.79 Å². The van der Waals surface area contributed by atoms with Crippen LogP contribution in [0.5, 0.6) is 0 Å². The molecular formula is C17H27ClN6O3. The van der Waals surface area contributed by atoms with Crippen LogP contribution in [0, 0.1) is 5.92 Å². The molecule has 2 saturated heterocycles. The lowest BCUT2D eigenvalue weighted by molar-refractivity contribution is -0.133. The summed E-state index contributed by atoms with van der Waals surface area (Å²) < 4.78 is 5.33. The number of nitrogens with zero attached hydrogens (tertiary/aromatic N) is 4. The Morgan fingerprint density at radius 1 is 1.30 bits per heavy atom. The molecule has 1 saturated carbocycles. The van der Waals surface area contributed by atoms with Crippen molar-refractivity contribution in [3.63, 3.8) is 0 Å². The predicted molar refractivity (Wildman–Crippen MR) is 99.2 cm³/mol. The molecule has 2 N–H and O–H groups in total. The maximum absolute atomic E-state index is 12.9. The van der Waals surface area contributed by atoms with E-state index >= 15 is 0 Å². The number of nitrogens with one attached hydrogen (secondary N) is 2. The fraction of sp³-hybridized carbons (Fsp3) is 0.765. The smallest absolute Gasteiger partial charge is 0.325 e. The minimum Gasteiger partial charge on any atom is -0.337 e. The standard InChI is InChI=1S/C17H26N6O3.ClH/c1-11-3-5-17(6-4-11)15(24)23(16(25)20-17)10-13-19-14(21-26-13)12-9-18-7-8-22(12)2;/h11-12,18H,3-10H2,1-2H3,(H,20,25);1H. The highest BCUT2D eigenvalue weighted by molar-refractivity contribution is 6.06. The van der Waals surface area contributed by atoms with E-state index in [1.54, 1.807) is 0 Å². The highest BCUT2D eigenvalue weighted by Crippen LogP contribution is 2.36. The van der Waals surface area contributed by atoms with E-state index in [1.807, 2.05) is 7.05 Å². The zero-order chi connectivity index (χ0) is 18.3. The fourth-order valence-electron chi connectivity index (χ4n) is 4.11. The number of carbonyl (C=O) groups excluding carboxylic acids is 2. The van der Waals surface area contributed by atoms with Crippen molar-refractivity contribution in [2.75, 3.05) is 26.7 Å². The van der Waals surface area contributed by atoms with Gasteiger partial charge in [0.2, 0.25) is 5.89 Å². The molecule has 9 nitrogen and oxygen atoms in total. The van der Waals surface area contributed by atoms with Crippen LogP contribution in [0.3, 0.4) is 0 Å². The van der Waals surface area contributed by atoms with E-state index in [4.69, 9.17) is 4.52 Å². The third-order valence-electron chi connectivity index (χ3n) is 5.96. The number of hydrogen-bond donors (Lipinski definition) is 2. The Labute approximate surface area is 164 Å². The molecular weight excluding hydrogens is 372 g/mol. The summed E-state index contributed by atoms with van der Waals surface area (Å²) >= 11 is 0. The molecule has 10 heteroatoms. The van der Waals surface area contributed by atoms with Gasteiger partial charge in [-0.15, -0.1) is 12.4 Å². The number of halogens is 1. The molecule has 1 atom stereocenters. The Morgan fingerprint density at radius 3 is 2.74 bits per heavy atom. The first-order chi connectivity index (χ1) is 12.5. The quantitative estimate of drug-likeness (QED) is 0.734. The van der Waals surface area contributed by atoms with Crippen molar-refractivity contribution in [3.05, 3.63) is 11.7 Å². The summed E-state index contributed by atoms with van der Waals surface area (Å²) in [6, 6.07) is -0.323. The summed E-state index contributed by atoms with van der Waals surface area (Å²) in [6.07, 6.45) is 3.29. The monoisotopic (exact) mass is 398 g/mol. The van der Waals surface area contributed by atoms with Crippen LogP contribution in [0.25, 0.3) is 0 Å². The van der Waals surface area contributed by atoms with Crippen molar-refractivity contribution in [2.45, 2.75) is 50.7 Å². The number of aromatic nitrogens is 2. The summed E-state index contributed by atoms with van der Waals surface area (Å²) in [7, 11) is 2.02. The number of hydrogen-bond acceptors (Lipinski definition) is 7. The molecule has 2 aliphatic heterocycles. The molecule has 3 heterocycles. The minimum atomic E-state index is -0.736. The second-order valence-electron chi connectivity index (χ2n) is 7.83. The Bertz CT molecular complexity index is 703. The highest BCUT2D eigenvalue weighted by Gasteiger charge is 2.52. The molecule has 1 aromatic rings. The summed E-state index contributed by atoms with van der Waals surface area (Å²) in [5.74, 6) is 1.32. The van der Waals surface area contributed by atoms with Crippen molar-refractivity contribution >= 4 is 24.3 Å². The van der Waals surface area contributed by atoms with Crippen LogP contribution in [0.1, 0.15) is 50.4 Å². The fourth-order valence-corrected chi connectivity index (χ4v) is 4.11. The highest BCUT2D eigenvalue weighted by atomic mass is 35.5. The molecule has 4 rings (SSSR count). The van der Waals surface area contributed by atoms with Gasteiger partial charge in [0.15, 0.2) is 5.82 Å². The molecule has 27 heavy (non-hydrogen) atoms. The lowest BCUT2D eigenvalue weighted by Gasteiger charge is -2.33. The van der Waals surface area contributed by atoms with Crippen LogP contribution >= 0.6 is 12.4 Å². The molecule has 0 aromatic carbocycles. The lowest BCUT2D eigenvalue weighted by Crippen LogP contribution is -2.49. The van der Waals surface area contributed by atoms with Crippen LogP contribution < -0.4 is 10.6 Å². The van der Waals surface area contributed by atoms with E-state index in [-0.39, 0.29) is 36.9 Å². The average molecular weight is 399 g/mol. The van der Waals surface area contributed by atoms with E-state index in [0.717, 1.165) is 32.5 Å². The van der Waals surface area contributed by atoms with Crippen molar-refractivity contribution in [1.29, 1.82) is 0 Å². The molecule has 1 spiro atoms. The second kappa shape index (κ2) is 7.73. The lowest BCUT2D eigenvalue weighted by atomic mass is 9.77. The van der Waals surface area contributed by atoms with Gasteiger partial charge in [0.1, 0.15) is 12.1 Å². The van der Waals surface area contributed by atoms with Gasteiger partial charge in [-0.1, -0.05) is 12.1 Å². The molecule has 3 amide bonds. The van der Waals surface area contributed by atoms with Gasteiger partial charge in [0.25, 0.3) is 5.91 Å². The first-order valence-corrected chi connectivity index (χ1v) is 9.36. The molecule has 0 bridgehead atoms.